The predicted octanol–water partition coefficient (Wildman–Crippen LogP) is 2.47. The van der Waals surface area contributed by atoms with Gasteiger partial charge in [-0.3, -0.25) is 18.9 Å². The van der Waals surface area contributed by atoms with E-state index >= 15 is 0 Å². The van der Waals surface area contributed by atoms with Crippen LogP contribution in [0, 0.1) is 11.8 Å². The van der Waals surface area contributed by atoms with Gasteiger partial charge in [0.1, 0.15) is 12.1 Å². The summed E-state index contributed by atoms with van der Waals surface area (Å²) >= 11 is 0. The van der Waals surface area contributed by atoms with Crippen LogP contribution in [0.1, 0.15) is 83.8 Å². The quantitative estimate of drug-likeness (QED) is 0.504. The molecule has 2 rings (SSSR count). The van der Waals surface area contributed by atoms with Gasteiger partial charge in [-0.05, 0) is 46.0 Å². The second-order valence-corrected chi connectivity index (χ2v) is 9.33. The van der Waals surface area contributed by atoms with Crippen LogP contribution < -0.4 is 11.1 Å². The molecular formula is C21H33N3O6. The third-order valence-corrected chi connectivity index (χ3v) is 4.93. The van der Waals surface area contributed by atoms with E-state index in [2.05, 4.69) is 15.0 Å². The number of carbonyl (C=O) groups excluding carboxylic acids is 3. The summed E-state index contributed by atoms with van der Waals surface area (Å²) in [6.45, 7) is 8.48. The zero-order valence-electron chi connectivity index (χ0n) is 18.5. The molecule has 1 heterocycles. The lowest BCUT2D eigenvalue weighted by molar-refractivity contribution is -0.155. The second-order valence-electron chi connectivity index (χ2n) is 9.33. The minimum Gasteiger partial charge on any atom is -0.459 e. The summed E-state index contributed by atoms with van der Waals surface area (Å²) in [5.74, 6) is -2.61. The van der Waals surface area contributed by atoms with E-state index in [4.69, 9.17) is 4.74 Å². The number of ketones is 1. The van der Waals surface area contributed by atoms with Gasteiger partial charge in [-0.2, -0.15) is 0 Å². The summed E-state index contributed by atoms with van der Waals surface area (Å²) in [5.41, 5.74) is -0.740. The van der Waals surface area contributed by atoms with Crippen LogP contribution in [0.2, 0.25) is 0 Å². The molecule has 1 aromatic rings. The maximum Gasteiger partial charge on any atom is 0.442 e. The smallest absolute Gasteiger partial charge is 0.442 e. The summed E-state index contributed by atoms with van der Waals surface area (Å²) in [4.78, 5) is 50.0. The molecule has 1 aliphatic rings. The van der Waals surface area contributed by atoms with Gasteiger partial charge in [0.2, 0.25) is 17.5 Å². The molecule has 1 aliphatic carbocycles. The number of nitrogens with zero attached hydrogens (tertiary/aromatic N) is 2. The van der Waals surface area contributed by atoms with Crippen molar-refractivity contribution in [3.8, 4) is 0 Å². The summed E-state index contributed by atoms with van der Waals surface area (Å²) in [7, 11) is 0. The van der Waals surface area contributed by atoms with Gasteiger partial charge in [-0.1, -0.05) is 38.3 Å². The first-order valence-electron chi connectivity index (χ1n) is 10.6. The Labute approximate surface area is 176 Å². The number of amides is 1. The van der Waals surface area contributed by atoms with E-state index in [0.29, 0.717) is 6.42 Å². The van der Waals surface area contributed by atoms with Gasteiger partial charge in [0.05, 0.1) is 6.04 Å². The van der Waals surface area contributed by atoms with Crippen LogP contribution in [0.4, 0.5) is 0 Å². The van der Waals surface area contributed by atoms with E-state index in [1.807, 2.05) is 13.8 Å². The molecule has 0 bridgehead atoms. The van der Waals surface area contributed by atoms with Crippen molar-refractivity contribution in [1.29, 1.82) is 0 Å². The van der Waals surface area contributed by atoms with Crippen molar-refractivity contribution in [1.82, 2.24) is 15.0 Å². The molecule has 1 atom stereocenters. The Hall–Kier alpha value is -2.45. The summed E-state index contributed by atoms with van der Waals surface area (Å²) in [6.07, 6.45) is 5.11. The Morgan fingerprint density at radius 3 is 2.40 bits per heavy atom. The molecule has 30 heavy (non-hydrogen) atoms. The topological polar surface area (TPSA) is 121 Å². The van der Waals surface area contributed by atoms with Crippen molar-refractivity contribution in [3.05, 3.63) is 16.4 Å². The molecular weight excluding hydrogens is 390 g/mol. The lowest BCUT2D eigenvalue weighted by atomic mass is 9.88. The molecule has 1 aromatic heterocycles. The molecule has 0 aliphatic heterocycles. The number of aromatic nitrogens is 2. The molecule has 9 heteroatoms. The average Bonchev–Trinajstić information content (AvgIpc) is 2.99. The zero-order valence-corrected chi connectivity index (χ0v) is 18.5. The zero-order chi connectivity index (χ0) is 22.5. The highest BCUT2D eigenvalue weighted by molar-refractivity contribution is 5.99. The van der Waals surface area contributed by atoms with E-state index in [1.54, 1.807) is 20.8 Å². The molecule has 0 aromatic carbocycles. The van der Waals surface area contributed by atoms with Gasteiger partial charge < -0.3 is 10.1 Å². The Kier molecular flexibility index (Phi) is 7.97. The standard InChI is InChI=1S/C21H33N3O6/c1-13(2)11-15(22-19(27)14-9-7-6-8-10-14)17(26)18-23-30-20(28)24(18)12-16(25)29-21(3,4)5/h13-15H,6-12H2,1-5H3,(H,22,27). The maximum absolute atomic E-state index is 13.2. The lowest BCUT2D eigenvalue weighted by Crippen LogP contribution is -2.46. The van der Waals surface area contributed by atoms with Gasteiger partial charge >= 0.3 is 11.7 Å². The molecule has 168 valence electrons. The Bertz CT molecular complexity index is 811. The molecule has 0 spiro atoms. The number of Topliss-reactive ketones (excluding diaryl/α,β-unsaturated/α-hetero) is 1. The third-order valence-electron chi connectivity index (χ3n) is 4.93. The maximum atomic E-state index is 13.2. The molecule has 1 fully saturated rings. The van der Waals surface area contributed by atoms with E-state index in [0.717, 1.165) is 36.7 Å². The van der Waals surface area contributed by atoms with Crippen LogP contribution in [-0.4, -0.2) is 39.0 Å². The van der Waals surface area contributed by atoms with Crippen LogP contribution in [0.25, 0.3) is 0 Å². The summed E-state index contributed by atoms with van der Waals surface area (Å²) in [5, 5.41) is 6.42. The monoisotopic (exact) mass is 423 g/mol. The number of nitrogens with one attached hydrogen (secondary N) is 1. The normalized spacial score (nSPS) is 16.3. The number of rotatable bonds is 8. The number of carbonyl (C=O) groups is 3. The SMILES string of the molecule is CC(C)CC(NC(=O)C1CCCCC1)C(=O)c1noc(=O)n1CC(=O)OC(C)(C)C. The van der Waals surface area contributed by atoms with Crippen molar-refractivity contribution < 1.29 is 23.6 Å². The first kappa shape index (κ1) is 23.8. The summed E-state index contributed by atoms with van der Waals surface area (Å²) < 4.78 is 10.7. The van der Waals surface area contributed by atoms with Crippen molar-refractivity contribution >= 4 is 17.7 Å². The second kappa shape index (κ2) is 10.0. The molecule has 1 N–H and O–H groups in total. The Morgan fingerprint density at radius 1 is 1.20 bits per heavy atom. The fourth-order valence-corrected chi connectivity index (χ4v) is 3.60. The molecule has 0 radical (unpaired) electrons. The minimum absolute atomic E-state index is 0.109. The molecule has 9 nitrogen and oxygen atoms in total. The minimum atomic E-state index is -0.925. The van der Waals surface area contributed by atoms with E-state index < -0.39 is 35.7 Å². The van der Waals surface area contributed by atoms with Crippen molar-refractivity contribution in [2.45, 2.75) is 91.3 Å². The predicted molar refractivity (Wildman–Crippen MR) is 109 cm³/mol. The van der Waals surface area contributed by atoms with Gasteiger partial charge in [0, 0.05) is 5.92 Å². The lowest BCUT2D eigenvalue weighted by Gasteiger charge is -2.25. The first-order chi connectivity index (χ1) is 14.0. The van der Waals surface area contributed by atoms with Gasteiger partial charge in [-0.25, -0.2) is 9.36 Å². The number of hydrogen-bond acceptors (Lipinski definition) is 7. The van der Waals surface area contributed by atoms with Crippen LogP contribution in [0.5, 0.6) is 0 Å². The summed E-state index contributed by atoms with van der Waals surface area (Å²) in [6, 6.07) is -0.853. The van der Waals surface area contributed by atoms with Gasteiger partial charge in [0.25, 0.3) is 0 Å². The Balaban J connectivity index is 2.20. The van der Waals surface area contributed by atoms with Gasteiger partial charge in [-0.15, -0.1) is 0 Å². The fourth-order valence-electron chi connectivity index (χ4n) is 3.60. The molecule has 0 saturated heterocycles. The average molecular weight is 424 g/mol. The van der Waals surface area contributed by atoms with Crippen LogP contribution in [0.15, 0.2) is 9.32 Å². The highest BCUT2D eigenvalue weighted by atomic mass is 16.6. The number of hydrogen-bond donors (Lipinski definition) is 1. The molecule has 1 amide bonds. The highest BCUT2D eigenvalue weighted by Crippen LogP contribution is 2.24. The van der Waals surface area contributed by atoms with Crippen molar-refractivity contribution in [2.24, 2.45) is 11.8 Å². The molecule has 1 unspecified atom stereocenters. The van der Waals surface area contributed by atoms with Crippen LogP contribution in [0.3, 0.4) is 0 Å². The van der Waals surface area contributed by atoms with Crippen LogP contribution >= 0.6 is 0 Å². The van der Waals surface area contributed by atoms with Crippen LogP contribution in [-0.2, 0) is 20.9 Å². The molecule has 1 saturated carbocycles. The van der Waals surface area contributed by atoms with Crippen molar-refractivity contribution in [2.75, 3.05) is 0 Å². The van der Waals surface area contributed by atoms with E-state index in [-0.39, 0.29) is 23.6 Å². The fraction of sp³-hybridized carbons (Fsp3) is 0.762. The first-order valence-corrected chi connectivity index (χ1v) is 10.6. The van der Waals surface area contributed by atoms with Crippen molar-refractivity contribution in [3.63, 3.8) is 0 Å². The third kappa shape index (κ3) is 6.81. The largest absolute Gasteiger partial charge is 0.459 e. The van der Waals surface area contributed by atoms with Gasteiger partial charge in [0.15, 0.2) is 0 Å². The van der Waals surface area contributed by atoms with E-state index in [1.165, 1.54) is 0 Å². The number of esters is 1. The van der Waals surface area contributed by atoms with E-state index in [9.17, 15) is 19.2 Å². The number of ether oxygens (including phenoxy) is 1. The Morgan fingerprint density at radius 2 is 1.83 bits per heavy atom. The highest BCUT2D eigenvalue weighted by Gasteiger charge is 2.32.